The van der Waals surface area contributed by atoms with Crippen LogP contribution in [0.15, 0.2) is 54.6 Å². The van der Waals surface area contributed by atoms with Crippen LogP contribution in [0, 0.1) is 0 Å². The number of ether oxygens (including phenoxy) is 1. The summed E-state index contributed by atoms with van der Waals surface area (Å²) in [6.07, 6.45) is 3.23. The maximum atomic E-state index is 11.7. The van der Waals surface area contributed by atoms with E-state index in [-0.39, 0.29) is 5.91 Å². The van der Waals surface area contributed by atoms with Gasteiger partial charge in [-0.05, 0) is 41.5 Å². The van der Waals surface area contributed by atoms with Crippen LogP contribution in [0.5, 0.6) is 5.75 Å². The van der Waals surface area contributed by atoms with Crippen molar-refractivity contribution in [2.24, 2.45) is 0 Å². The van der Waals surface area contributed by atoms with Crippen molar-refractivity contribution in [3.05, 3.63) is 70.8 Å². The van der Waals surface area contributed by atoms with E-state index in [9.17, 15) is 4.79 Å². The number of carbonyl (C=O) groups excluding carboxylic acids is 1. The molecule has 0 atom stereocenters. The Morgan fingerprint density at radius 3 is 2.67 bits per heavy atom. The van der Waals surface area contributed by atoms with Gasteiger partial charge in [-0.25, -0.2) is 0 Å². The Labute approximate surface area is 129 Å². The molecule has 0 spiro atoms. The SMILES string of the molecule is COc1ccc(CNC(=O)/C=C/c2cccc(Cl)c2)cc1. The van der Waals surface area contributed by atoms with E-state index in [1.54, 1.807) is 25.3 Å². The van der Waals surface area contributed by atoms with Crippen LogP contribution in [0.1, 0.15) is 11.1 Å². The number of rotatable bonds is 5. The van der Waals surface area contributed by atoms with Gasteiger partial charge in [0.15, 0.2) is 0 Å². The van der Waals surface area contributed by atoms with Crippen LogP contribution in [0.25, 0.3) is 6.08 Å². The lowest BCUT2D eigenvalue weighted by atomic mass is 10.2. The first-order chi connectivity index (χ1) is 10.2. The average Bonchev–Trinajstić information content (AvgIpc) is 2.51. The minimum Gasteiger partial charge on any atom is -0.497 e. The van der Waals surface area contributed by atoms with Crippen molar-refractivity contribution < 1.29 is 9.53 Å². The number of amides is 1. The summed E-state index contributed by atoms with van der Waals surface area (Å²) in [6.45, 7) is 0.475. The molecule has 0 aliphatic heterocycles. The van der Waals surface area contributed by atoms with Gasteiger partial charge in [-0.3, -0.25) is 4.79 Å². The first kappa shape index (κ1) is 15.1. The van der Waals surface area contributed by atoms with Gasteiger partial charge in [-0.15, -0.1) is 0 Å². The molecule has 0 radical (unpaired) electrons. The zero-order chi connectivity index (χ0) is 15.1. The molecule has 1 N–H and O–H groups in total. The smallest absolute Gasteiger partial charge is 0.244 e. The van der Waals surface area contributed by atoms with Crippen LogP contribution < -0.4 is 10.1 Å². The topological polar surface area (TPSA) is 38.3 Å². The zero-order valence-electron chi connectivity index (χ0n) is 11.7. The number of halogens is 1. The zero-order valence-corrected chi connectivity index (χ0v) is 12.4. The van der Waals surface area contributed by atoms with Crippen molar-refractivity contribution in [2.45, 2.75) is 6.54 Å². The highest BCUT2D eigenvalue weighted by atomic mass is 35.5. The summed E-state index contributed by atoms with van der Waals surface area (Å²) in [5, 5.41) is 3.47. The summed E-state index contributed by atoms with van der Waals surface area (Å²) in [4.78, 5) is 11.7. The Hall–Kier alpha value is -2.26. The highest BCUT2D eigenvalue weighted by Gasteiger charge is 1.98. The molecular weight excluding hydrogens is 286 g/mol. The third-order valence-electron chi connectivity index (χ3n) is 2.90. The minimum atomic E-state index is -0.147. The lowest BCUT2D eigenvalue weighted by Crippen LogP contribution is -2.20. The molecule has 21 heavy (non-hydrogen) atoms. The Morgan fingerprint density at radius 2 is 2.00 bits per heavy atom. The molecule has 0 heterocycles. The van der Waals surface area contributed by atoms with E-state index in [4.69, 9.17) is 16.3 Å². The second-order valence-corrected chi connectivity index (χ2v) is 4.89. The van der Waals surface area contributed by atoms with Gasteiger partial charge in [-0.1, -0.05) is 35.9 Å². The minimum absolute atomic E-state index is 0.147. The molecular formula is C17H16ClNO2. The molecule has 1 amide bonds. The summed E-state index contributed by atoms with van der Waals surface area (Å²) in [5.74, 6) is 0.650. The normalized spacial score (nSPS) is 10.6. The van der Waals surface area contributed by atoms with Gasteiger partial charge >= 0.3 is 0 Å². The summed E-state index contributed by atoms with van der Waals surface area (Å²) in [7, 11) is 1.62. The molecule has 0 aliphatic rings. The third-order valence-corrected chi connectivity index (χ3v) is 3.14. The fourth-order valence-electron chi connectivity index (χ4n) is 1.77. The quantitative estimate of drug-likeness (QED) is 0.856. The van der Waals surface area contributed by atoms with E-state index in [1.165, 1.54) is 6.08 Å². The Balaban J connectivity index is 1.86. The van der Waals surface area contributed by atoms with Gasteiger partial charge in [0.25, 0.3) is 0 Å². The fraction of sp³-hybridized carbons (Fsp3) is 0.118. The highest BCUT2D eigenvalue weighted by Crippen LogP contribution is 2.12. The molecule has 0 saturated heterocycles. The molecule has 0 unspecified atom stereocenters. The Morgan fingerprint density at radius 1 is 1.24 bits per heavy atom. The predicted octanol–water partition coefficient (Wildman–Crippen LogP) is 3.68. The van der Waals surface area contributed by atoms with Crippen LogP contribution in [0.2, 0.25) is 5.02 Å². The van der Waals surface area contributed by atoms with E-state index in [1.807, 2.05) is 36.4 Å². The van der Waals surface area contributed by atoms with Gasteiger partial charge in [-0.2, -0.15) is 0 Å². The van der Waals surface area contributed by atoms with Gasteiger partial charge in [0.2, 0.25) is 5.91 Å². The van der Waals surface area contributed by atoms with Gasteiger partial charge in [0.1, 0.15) is 5.75 Å². The summed E-state index contributed by atoms with van der Waals surface area (Å²) < 4.78 is 5.08. The molecule has 0 saturated carbocycles. The number of methoxy groups -OCH3 is 1. The van der Waals surface area contributed by atoms with Crippen molar-refractivity contribution in [1.29, 1.82) is 0 Å². The molecule has 3 nitrogen and oxygen atoms in total. The van der Waals surface area contributed by atoms with Crippen molar-refractivity contribution in [1.82, 2.24) is 5.32 Å². The number of hydrogen-bond acceptors (Lipinski definition) is 2. The average molecular weight is 302 g/mol. The molecule has 2 aromatic rings. The van der Waals surface area contributed by atoms with Gasteiger partial charge in [0.05, 0.1) is 7.11 Å². The lowest BCUT2D eigenvalue weighted by Gasteiger charge is -2.04. The number of nitrogens with one attached hydrogen (secondary N) is 1. The number of hydrogen-bond donors (Lipinski definition) is 1. The number of carbonyl (C=O) groups is 1. The molecule has 0 fully saturated rings. The van der Waals surface area contributed by atoms with E-state index in [0.717, 1.165) is 16.9 Å². The maximum absolute atomic E-state index is 11.7. The maximum Gasteiger partial charge on any atom is 0.244 e. The summed E-state index contributed by atoms with van der Waals surface area (Å²) >= 11 is 5.88. The Kier molecular flexibility index (Phi) is 5.41. The predicted molar refractivity (Wildman–Crippen MR) is 85.3 cm³/mol. The molecule has 2 rings (SSSR count). The standard InChI is InChI=1S/C17H16ClNO2/c1-21-16-8-5-14(6-9-16)12-19-17(20)10-7-13-3-2-4-15(18)11-13/h2-11H,12H2,1H3,(H,19,20)/b10-7+. The van der Waals surface area contributed by atoms with Crippen LogP contribution in [-0.4, -0.2) is 13.0 Å². The van der Waals surface area contributed by atoms with E-state index in [0.29, 0.717) is 11.6 Å². The van der Waals surface area contributed by atoms with Crippen LogP contribution in [-0.2, 0) is 11.3 Å². The molecule has 0 bridgehead atoms. The van der Waals surface area contributed by atoms with Gasteiger partial charge in [0, 0.05) is 17.6 Å². The first-order valence-electron chi connectivity index (χ1n) is 6.52. The van der Waals surface area contributed by atoms with Crippen molar-refractivity contribution in [2.75, 3.05) is 7.11 Å². The van der Waals surface area contributed by atoms with Crippen LogP contribution in [0.3, 0.4) is 0 Å². The monoisotopic (exact) mass is 301 g/mol. The highest BCUT2D eigenvalue weighted by molar-refractivity contribution is 6.30. The van der Waals surface area contributed by atoms with Crippen molar-refractivity contribution in [3.8, 4) is 5.75 Å². The van der Waals surface area contributed by atoms with Crippen LogP contribution in [0.4, 0.5) is 0 Å². The fourth-order valence-corrected chi connectivity index (χ4v) is 1.97. The van der Waals surface area contributed by atoms with Crippen molar-refractivity contribution >= 4 is 23.6 Å². The Bertz CT molecular complexity index is 635. The third kappa shape index (κ3) is 4.97. The molecule has 2 aromatic carbocycles. The van der Waals surface area contributed by atoms with E-state index < -0.39 is 0 Å². The second kappa shape index (κ2) is 7.50. The lowest BCUT2D eigenvalue weighted by molar-refractivity contribution is -0.116. The summed E-state index contributed by atoms with van der Waals surface area (Å²) in [6, 6.07) is 14.9. The molecule has 108 valence electrons. The first-order valence-corrected chi connectivity index (χ1v) is 6.89. The summed E-state index contributed by atoms with van der Waals surface area (Å²) in [5.41, 5.74) is 1.91. The molecule has 4 heteroatoms. The van der Waals surface area contributed by atoms with E-state index in [2.05, 4.69) is 5.32 Å². The molecule has 0 aliphatic carbocycles. The van der Waals surface area contributed by atoms with Gasteiger partial charge < -0.3 is 10.1 Å². The molecule has 0 aromatic heterocycles. The van der Waals surface area contributed by atoms with E-state index >= 15 is 0 Å². The van der Waals surface area contributed by atoms with Crippen LogP contribution >= 0.6 is 11.6 Å². The number of benzene rings is 2. The second-order valence-electron chi connectivity index (χ2n) is 4.45. The van der Waals surface area contributed by atoms with Crippen molar-refractivity contribution in [3.63, 3.8) is 0 Å². The largest absolute Gasteiger partial charge is 0.497 e.